The minimum atomic E-state index is -3.84. The molecule has 0 radical (unpaired) electrons. The fourth-order valence-corrected chi connectivity index (χ4v) is 4.37. The Hall–Kier alpha value is -2.68. The average molecular weight is 418 g/mol. The highest BCUT2D eigenvalue weighted by Gasteiger charge is 2.19. The maximum Gasteiger partial charge on any atom is 0.261 e. The van der Waals surface area contributed by atoms with Gasteiger partial charge in [-0.15, -0.1) is 0 Å². The first-order chi connectivity index (χ1) is 13.3. The number of sulfonamides is 1. The Kier molecular flexibility index (Phi) is 5.83. The van der Waals surface area contributed by atoms with Gasteiger partial charge in [-0.2, -0.15) is 0 Å². The lowest BCUT2D eigenvalue weighted by molar-refractivity contribution is 0.415. The SMILES string of the molecule is COc1ccc(NS(=O)(=O)c2ccc(C)cc2)c(-c2ccccc2S(=O)O)c1. The number of nitrogens with one attached hydrogen (secondary N) is 1. The van der Waals surface area contributed by atoms with Gasteiger partial charge in [-0.05, 0) is 43.3 Å². The van der Waals surface area contributed by atoms with E-state index in [1.807, 2.05) is 6.92 Å². The molecule has 0 bridgehead atoms. The molecule has 146 valence electrons. The molecule has 28 heavy (non-hydrogen) atoms. The molecule has 1 unspecified atom stereocenters. The summed E-state index contributed by atoms with van der Waals surface area (Å²) in [6.45, 7) is 1.87. The molecule has 0 aliphatic rings. The first-order valence-electron chi connectivity index (χ1n) is 8.29. The van der Waals surface area contributed by atoms with E-state index in [1.54, 1.807) is 48.5 Å². The predicted molar refractivity (Wildman–Crippen MR) is 109 cm³/mol. The van der Waals surface area contributed by atoms with Crippen LogP contribution in [0.5, 0.6) is 5.75 Å². The predicted octanol–water partition coefficient (Wildman–Crippen LogP) is 4.05. The molecular weight excluding hydrogens is 398 g/mol. The molecule has 0 spiro atoms. The molecule has 3 aromatic carbocycles. The van der Waals surface area contributed by atoms with Gasteiger partial charge in [0.2, 0.25) is 0 Å². The third-order valence-corrected chi connectivity index (χ3v) is 6.28. The lowest BCUT2D eigenvalue weighted by Crippen LogP contribution is -2.14. The zero-order chi connectivity index (χ0) is 20.3. The van der Waals surface area contributed by atoms with E-state index in [4.69, 9.17) is 4.74 Å². The number of ether oxygens (including phenoxy) is 1. The highest BCUT2D eigenvalue weighted by atomic mass is 32.2. The number of aryl methyl sites for hydroxylation is 1. The molecule has 3 rings (SSSR count). The Labute approximate surface area is 166 Å². The third-order valence-electron chi connectivity index (χ3n) is 4.17. The van der Waals surface area contributed by atoms with Crippen molar-refractivity contribution in [3.05, 3.63) is 72.3 Å². The summed E-state index contributed by atoms with van der Waals surface area (Å²) in [4.78, 5) is 0.297. The fourth-order valence-electron chi connectivity index (χ4n) is 2.72. The van der Waals surface area contributed by atoms with Gasteiger partial charge in [-0.25, -0.2) is 12.6 Å². The van der Waals surface area contributed by atoms with Crippen molar-refractivity contribution in [3.8, 4) is 16.9 Å². The number of rotatable bonds is 6. The molecule has 0 aliphatic heterocycles. The lowest BCUT2D eigenvalue weighted by Gasteiger charge is -2.16. The summed E-state index contributed by atoms with van der Waals surface area (Å²) in [5.74, 6) is 0.492. The van der Waals surface area contributed by atoms with E-state index in [-0.39, 0.29) is 15.5 Å². The smallest absolute Gasteiger partial charge is 0.261 e. The van der Waals surface area contributed by atoms with Crippen LogP contribution in [0.1, 0.15) is 5.56 Å². The van der Waals surface area contributed by atoms with Gasteiger partial charge in [0, 0.05) is 11.1 Å². The Morgan fingerprint density at radius 1 is 0.964 bits per heavy atom. The number of hydrogen-bond donors (Lipinski definition) is 2. The summed E-state index contributed by atoms with van der Waals surface area (Å²) in [6.07, 6.45) is 0. The first kappa shape index (κ1) is 20.1. The molecule has 6 nitrogen and oxygen atoms in total. The molecule has 0 saturated heterocycles. The van der Waals surface area contributed by atoms with Crippen LogP contribution < -0.4 is 9.46 Å². The van der Waals surface area contributed by atoms with Crippen LogP contribution in [0.25, 0.3) is 11.1 Å². The largest absolute Gasteiger partial charge is 0.497 e. The molecule has 8 heteroatoms. The van der Waals surface area contributed by atoms with Crippen molar-refractivity contribution >= 4 is 26.8 Å². The molecule has 0 aliphatic carbocycles. The van der Waals surface area contributed by atoms with Crippen molar-refractivity contribution in [1.82, 2.24) is 0 Å². The van der Waals surface area contributed by atoms with Crippen LogP contribution in [0, 0.1) is 6.92 Å². The summed E-state index contributed by atoms with van der Waals surface area (Å²) in [5.41, 5.74) is 2.10. The van der Waals surface area contributed by atoms with E-state index in [2.05, 4.69) is 4.72 Å². The number of hydrogen-bond acceptors (Lipinski definition) is 4. The molecule has 3 aromatic rings. The fraction of sp³-hybridized carbons (Fsp3) is 0.100. The van der Waals surface area contributed by atoms with Gasteiger partial charge in [-0.1, -0.05) is 35.9 Å². The van der Waals surface area contributed by atoms with Crippen molar-refractivity contribution in [1.29, 1.82) is 0 Å². The second-order valence-corrected chi connectivity index (χ2v) is 8.70. The topological polar surface area (TPSA) is 92.7 Å². The van der Waals surface area contributed by atoms with Crippen molar-refractivity contribution < 1.29 is 21.9 Å². The van der Waals surface area contributed by atoms with Crippen LogP contribution in [0.4, 0.5) is 5.69 Å². The highest BCUT2D eigenvalue weighted by molar-refractivity contribution is 7.92. The average Bonchev–Trinajstić information content (AvgIpc) is 2.68. The Morgan fingerprint density at radius 2 is 1.64 bits per heavy atom. The molecule has 0 saturated carbocycles. The van der Waals surface area contributed by atoms with E-state index in [9.17, 15) is 17.2 Å². The van der Waals surface area contributed by atoms with Gasteiger partial charge in [0.15, 0.2) is 11.1 Å². The molecule has 2 N–H and O–H groups in total. The highest BCUT2D eigenvalue weighted by Crippen LogP contribution is 2.36. The van der Waals surface area contributed by atoms with Crippen molar-refractivity contribution in [2.24, 2.45) is 0 Å². The number of benzene rings is 3. The second-order valence-electron chi connectivity index (χ2n) is 6.08. The second kappa shape index (κ2) is 8.14. The van der Waals surface area contributed by atoms with Gasteiger partial charge >= 0.3 is 0 Å². The Bertz CT molecular complexity index is 1130. The molecular formula is C20H19NO5S2. The van der Waals surface area contributed by atoms with E-state index < -0.39 is 21.1 Å². The van der Waals surface area contributed by atoms with E-state index in [1.165, 1.54) is 25.3 Å². The van der Waals surface area contributed by atoms with E-state index in [0.717, 1.165) is 5.56 Å². The van der Waals surface area contributed by atoms with Crippen LogP contribution in [-0.2, 0) is 21.1 Å². The monoisotopic (exact) mass is 417 g/mol. The van der Waals surface area contributed by atoms with Crippen LogP contribution in [-0.4, -0.2) is 24.3 Å². The van der Waals surface area contributed by atoms with Crippen molar-refractivity contribution in [2.75, 3.05) is 11.8 Å². The maximum absolute atomic E-state index is 12.8. The van der Waals surface area contributed by atoms with Crippen molar-refractivity contribution in [3.63, 3.8) is 0 Å². The third kappa shape index (κ3) is 4.24. The van der Waals surface area contributed by atoms with Gasteiger partial charge in [0.05, 0.1) is 22.6 Å². The van der Waals surface area contributed by atoms with Gasteiger partial charge in [0.25, 0.3) is 10.0 Å². The summed E-state index contributed by atoms with van der Waals surface area (Å²) in [7, 11) is -2.35. The normalized spacial score (nSPS) is 12.4. The molecule has 0 heterocycles. The first-order valence-corrected chi connectivity index (χ1v) is 10.9. The van der Waals surface area contributed by atoms with E-state index >= 15 is 0 Å². The summed E-state index contributed by atoms with van der Waals surface area (Å²) in [6, 6.07) is 17.8. The maximum atomic E-state index is 12.8. The minimum absolute atomic E-state index is 0.124. The molecule has 0 aromatic heterocycles. The van der Waals surface area contributed by atoms with Gasteiger partial charge in [0.1, 0.15) is 5.75 Å². The molecule has 0 fully saturated rings. The minimum Gasteiger partial charge on any atom is -0.497 e. The van der Waals surface area contributed by atoms with Crippen LogP contribution >= 0.6 is 0 Å². The van der Waals surface area contributed by atoms with Crippen LogP contribution in [0.15, 0.2) is 76.5 Å². The number of anilines is 1. The summed E-state index contributed by atoms with van der Waals surface area (Å²) >= 11 is -2.24. The molecule has 0 amide bonds. The summed E-state index contributed by atoms with van der Waals surface area (Å²) < 4.78 is 54.8. The van der Waals surface area contributed by atoms with Gasteiger partial charge in [-0.3, -0.25) is 4.72 Å². The Morgan fingerprint density at radius 3 is 2.29 bits per heavy atom. The lowest BCUT2D eigenvalue weighted by atomic mass is 10.0. The van der Waals surface area contributed by atoms with Crippen LogP contribution in [0.2, 0.25) is 0 Å². The zero-order valence-corrected chi connectivity index (χ0v) is 16.9. The quantitative estimate of drug-likeness (QED) is 0.590. The number of methoxy groups -OCH3 is 1. The standard InChI is InChI=1S/C20H19NO5S2/c1-14-7-10-16(11-8-14)28(24,25)21-19-12-9-15(26-2)13-18(19)17-5-3-4-6-20(17)27(22)23/h3-13,21H,1-2H3,(H,22,23). The zero-order valence-electron chi connectivity index (χ0n) is 15.2. The van der Waals surface area contributed by atoms with Crippen LogP contribution in [0.3, 0.4) is 0 Å². The Balaban J connectivity index is 2.13. The van der Waals surface area contributed by atoms with Crippen molar-refractivity contribution in [2.45, 2.75) is 16.7 Å². The van der Waals surface area contributed by atoms with Gasteiger partial charge < -0.3 is 9.29 Å². The van der Waals surface area contributed by atoms with E-state index in [0.29, 0.717) is 16.9 Å². The summed E-state index contributed by atoms with van der Waals surface area (Å²) in [5, 5.41) is 0. The molecule has 1 atom stereocenters.